The number of hydrogen-bond acceptors (Lipinski definition) is 4. The number of para-hydroxylation sites is 2. The van der Waals surface area contributed by atoms with Gasteiger partial charge in [-0.05, 0) is 41.9 Å². The van der Waals surface area contributed by atoms with Gasteiger partial charge in [-0.25, -0.2) is 5.26 Å². The van der Waals surface area contributed by atoms with E-state index in [1.54, 1.807) is 0 Å². The van der Waals surface area contributed by atoms with Gasteiger partial charge < -0.3 is 15.0 Å². The van der Waals surface area contributed by atoms with Gasteiger partial charge in [0.2, 0.25) is 0 Å². The summed E-state index contributed by atoms with van der Waals surface area (Å²) >= 11 is 2.37. The van der Waals surface area contributed by atoms with Gasteiger partial charge in [-0.1, -0.05) is 63.3 Å². The summed E-state index contributed by atoms with van der Waals surface area (Å²) < 4.78 is 8.80. The molecule has 0 fully saturated rings. The first-order chi connectivity index (χ1) is 13.8. The summed E-state index contributed by atoms with van der Waals surface area (Å²) in [6.45, 7) is 8.75. The zero-order valence-electron chi connectivity index (χ0n) is 17.1. The van der Waals surface area contributed by atoms with E-state index in [1.165, 1.54) is 5.56 Å². The SMILES string of the molecule is CC(C)(C)c1ccccc1N(I)c1cccc2c1OC1(C)C2C=CCC#[S-]1C#N. The van der Waals surface area contributed by atoms with Crippen molar-refractivity contribution in [1.82, 2.24) is 0 Å². The number of thiocyanates is 1. The van der Waals surface area contributed by atoms with E-state index in [0.29, 0.717) is 6.42 Å². The number of ether oxygens (including phenoxy) is 1. The molecule has 29 heavy (non-hydrogen) atoms. The van der Waals surface area contributed by atoms with Gasteiger partial charge in [0.1, 0.15) is 5.75 Å². The lowest BCUT2D eigenvalue weighted by atomic mass is 9.85. The molecule has 0 saturated heterocycles. The molecule has 150 valence electrons. The topological polar surface area (TPSA) is 36.3 Å². The van der Waals surface area contributed by atoms with Crippen LogP contribution in [0.25, 0.3) is 0 Å². The molecule has 2 aliphatic heterocycles. The summed E-state index contributed by atoms with van der Waals surface area (Å²) in [6.07, 6.45) is 4.99. The fourth-order valence-electron chi connectivity index (χ4n) is 4.06. The summed E-state index contributed by atoms with van der Waals surface area (Å²) in [6, 6.07) is 14.8. The number of benzene rings is 2. The third-order valence-corrected chi connectivity index (χ3v) is 8.36. The third-order valence-electron chi connectivity index (χ3n) is 5.54. The molecule has 0 bridgehead atoms. The number of fused-ring (bicyclic) bond motifs is 3. The van der Waals surface area contributed by atoms with E-state index in [9.17, 15) is 5.26 Å². The minimum Gasteiger partial charge on any atom is -0.505 e. The standard InChI is InChI=1S/C24H24IN2OS/c1-23(2,3)19-12-5-6-13-20(19)27(25)21-14-9-10-17-18-11-7-8-15-29(16-26)24(18,4)28-22(17)21/h5-7,9-14,18H,8H2,1-4H3/q-1. The molecule has 0 N–H and O–H groups in total. The highest BCUT2D eigenvalue weighted by atomic mass is 127. The number of hydrogen-bond donors (Lipinski definition) is 0. The molecule has 5 heteroatoms. The van der Waals surface area contributed by atoms with Gasteiger partial charge in [-0.2, -0.15) is 0 Å². The maximum atomic E-state index is 9.77. The van der Waals surface area contributed by atoms with Gasteiger partial charge in [-0.3, -0.25) is 8.30 Å². The minimum atomic E-state index is -0.701. The molecule has 0 spiro atoms. The molecular weight excluding hydrogens is 491 g/mol. The Morgan fingerprint density at radius 2 is 1.93 bits per heavy atom. The van der Waals surface area contributed by atoms with E-state index >= 15 is 0 Å². The van der Waals surface area contributed by atoms with E-state index in [4.69, 9.17) is 4.74 Å². The Labute approximate surface area is 189 Å². The summed E-state index contributed by atoms with van der Waals surface area (Å²) in [7, 11) is -0.701. The first-order valence-corrected chi connectivity index (χ1v) is 11.9. The van der Waals surface area contributed by atoms with E-state index < -0.39 is 15.2 Å². The highest BCUT2D eigenvalue weighted by Crippen LogP contribution is 2.53. The zero-order valence-corrected chi connectivity index (χ0v) is 20.0. The van der Waals surface area contributed by atoms with Crippen molar-refractivity contribution < 1.29 is 4.74 Å². The van der Waals surface area contributed by atoms with Crippen LogP contribution in [-0.2, 0) is 15.7 Å². The molecule has 2 atom stereocenters. The van der Waals surface area contributed by atoms with Crippen molar-refractivity contribution in [2.24, 2.45) is 0 Å². The highest BCUT2D eigenvalue weighted by molar-refractivity contribution is 14.1. The Morgan fingerprint density at radius 1 is 1.21 bits per heavy atom. The average molecular weight is 515 g/mol. The number of anilines is 2. The Kier molecular flexibility index (Phi) is 5.23. The second kappa shape index (κ2) is 7.43. The predicted octanol–water partition coefficient (Wildman–Crippen LogP) is 6.68. The molecule has 2 heterocycles. The summed E-state index contributed by atoms with van der Waals surface area (Å²) in [5, 5.41) is 15.5. The zero-order chi connectivity index (χ0) is 20.8. The summed E-state index contributed by atoms with van der Waals surface area (Å²) in [5.74, 6) is 0.928. The maximum Gasteiger partial charge on any atom is 0.145 e. The molecule has 0 saturated carbocycles. The van der Waals surface area contributed by atoms with Gasteiger partial charge in [0.25, 0.3) is 0 Å². The van der Waals surface area contributed by atoms with E-state index in [0.717, 1.165) is 22.7 Å². The molecule has 0 aliphatic carbocycles. The fraction of sp³-hybridized carbons (Fsp3) is 0.333. The fourth-order valence-corrected chi connectivity index (χ4v) is 6.28. The van der Waals surface area contributed by atoms with Gasteiger partial charge in [0.15, 0.2) is 0 Å². The number of rotatable bonds is 2. The van der Waals surface area contributed by atoms with E-state index in [2.05, 4.69) is 119 Å². The van der Waals surface area contributed by atoms with Crippen molar-refractivity contribution in [3.63, 3.8) is 0 Å². The second-order valence-corrected chi connectivity index (χ2v) is 11.4. The van der Waals surface area contributed by atoms with Crippen molar-refractivity contribution in [2.45, 2.75) is 50.4 Å². The normalized spacial score (nSPS) is 23.0. The first-order valence-electron chi connectivity index (χ1n) is 9.69. The number of nitrogens with zero attached hydrogens (tertiary/aromatic N) is 2. The minimum absolute atomic E-state index is 0.0245. The number of halogens is 1. The molecule has 0 radical (unpaired) electrons. The van der Waals surface area contributed by atoms with Crippen LogP contribution >= 0.6 is 22.9 Å². The lowest BCUT2D eigenvalue weighted by Crippen LogP contribution is -2.36. The van der Waals surface area contributed by atoms with Crippen LogP contribution in [0.2, 0.25) is 0 Å². The van der Waals surface area contributed by atoms with Crippen molar-refractivity contribution in [1.29, 1.82) is 5.26 Å². The van der Waals surface area contributed by atoms with Gasteiger partial charge in [0.05, 0.1) is 39.2 Å². The smallest absolute Gasteiger partial charge is 0.145 e. The number of allylic oxidation sites excluding steroid dienone is 1. The van der Waals surface area contributed by atoms with Gasteiger partial charge in [-0.15, -0.1) is 0 Å². The van der Waals surface area contributed by atoms with Gasteiger partial charge in [0, 0.05) is 11.5 Å². The Balaban J connectivity index is 1.85. The predicted molar refractivity (Wildman–Crippen MR) is 130 cm³/mol. The molecule has 2 aromatic rings. The monoisotopic (exact) mass is 515 g/mol. The Hall–Kier alpha value is -1.87. The largest absolute Gasteiger partial charge is 0.505 e. The van der Waals surface area contributed by atoms with E-state index in [1.807, 2.05) is 0 Å². The van der Waals surface area contributed by atoms with Crippen molar-refractivity contribution in [2.75, 3.05) is 3.11 Å². The van der Waals surface area contributed by atoms with Crippen molar-refractivity contribution >= 4 is 44.5 Å². The van der Waals surface area contributed by atoms with Crippen LogP contribution in [0.3, 0.4) is 0 Å². The quantitative estimate of drug-likeness (QED) is 0.147. The molecule has 0 aromatic heterocycles. The van der Waals surface area contributed by atoms with Gasteiger partial charge >= 0.3 is 0 Å². The second-order valence-electron chi connectivity index (χ2n) is 8.51. The van der Waals surface area contributed by atoms with Crippen LogP contribution in [0, 0.1) is 15.8 Å². The van der Waals surface area contributed by atoms with Crippen molar-refractivity contribution in [3.8, 4) is 16.3 Å². The average Bonchev–Trinajstić information content (AvgIpc) is 2.88. The maximum absolute atomic E-state index is 9.77. The molecule has 2 unspecified atom stereocenters. The lowest BCUT2D eigenvalue weighted by Gasteiger charge is -2.37. The molecular formula is C24H24IN2OS-. The molecule has 3 nitrogen and oxygen atoms in total. The van der Waals surface area contributed by atoms with Crippen molar-refractivity contribution in [3.05, 3.63) is 65.7 Å². The Bertz CT molecular complexity index is 1130. The van der Waals surface area contributed by atoms with Crippen LogP contribution in [0.1, 0.15) is 51.2 Å². The number of nitriles is 1. The van der Waals surface area contributed by atoms with Crippen LogP contribution < -0.4 is 7.85 Å². The van der Waals surface area contributed by atoms with Crippen LogP contribution in [-0.4, -0.2) is 4.93 Å². The first kappa shape index (κ1) is 20.4. The third kappa shape index (κ3) is 3.38. The van der Waals surface area contributed by atoms with Crippen LogP contribution in [0.15, 0.2) is 54.6 Å². The molecule has 4 rings (SSSR count). The van der Waals surface area contributed by atoms with Crippen LogP contribution in [0.5, 0.6) is 5.75 Å². The van der Waals surface area contributed by atoms with E-state index in [-0.39, 0.29) is 11.3 Å². The Morgan fingerprint density at radius 3 is 2.66 bits per heavy atom. The summed E-state index contributed by atoms with van der Waals surface area (Å²) in [4.78, 5) is -0.610. The summed E-state index contributed by atoms with van der Waals surface area (Å²) in [5.41, 5.74) is 4.62. The van der Waals surface area contributed by atoms with Crippen LogP contribution in [0.4, 0.5) is 11.4 Å². The molecule has 2 aromatic carbocycles. The molecule has 0 amide bonds. The lowest BCUT2D eigenvalue weighted by molar-refractivity contribution is 0.204. The highest BCUT2D eigenvalue weighted by Gasteiger charge is 2.41. The molecule has 2 aliphatic rings.